The van der Waals surface area contributed by atoms with Gasteiger partial charge in [0.2, 0.25) is 0 Å². The fraction of sp³-hybridized carbons (Fsp3) is 0.167. The number of phenols is 1. The van der Waals surface area contributed by atoms with Gasteiger partial charge in [-0.1, -0.05) is 62.4 Å². The van der Waals surface area contributed by atoms with E-state index in [0.717, 1.165) is 5.56 Å². The second kappa shape index (κ2) is 9.06. The number of esters is 2. The van der Waals surface area contributed by atoms with Crippen molar-refractivity contribution in [3.63, 3.8) is 0 Å². The molecule has 0 unspecified atom stereocenters. The minimum absolute atomic E-state index is 0.0147. The van der Waals surface area contributed by atoms with Crippen molar-refractivity contribution in [2.24, 2.45) is 0 Å². The van der Waals surface area contributed by atoms with E-state index >= 15 is 0 Å². The van der Waals surface area contributed by atoms with Gasteiger partial charge in [0.05, 0.1) is 0 Å². The summed E-state index contributed by atoms with van der Waals surface area (Å²) in [6.07, 6.45) is 0. The molecule has 0 atom stereocenters. The van der Waals surface area contributed by atoms with Gasteiger partial charge in [-0.05, 0) is 41.3 Å². The monoisotopic (exact) mass is 390 g/mol. The van der Waals surface area contributed by atoms with Gasteiger partial charge in [-0.15, -0.1) is 0 Å². The molecule has 3 aromatic carbocycles. The van der Waals surface area contributed by atoms with Crippen molar-refractivity contribution in [1.29, 1.82) is 0 Å². The first-order valence-electron chi connectivity index (χ1n) is 9.31. The average molecular weight is 390 g/mol. The zero-order chi connectivity index (χ0) is 20.8. The van der Waals surface area contributed by atoms with E-state index in [9.17, 15) is 14.7 Å². The molecule has 3 rings (SSSR count). The molecule has 3 aromatic rings. The molecule has 5 heteroatoms. The Bertz CT molecular complexity index is 1010. The number of hydrogen-bond acceptors (Lipinski definition) is 5. The number of rotatable bonds is 6. The van der Waals surface area contributed by atoms with E-state index in [4.69, 9.17) is 9.47 Å². The fourth-order valence-electron chi connectivity index (χ4n) is 2.75. The standard InChI is InChI=1S/C24H22O5/c1-16(2)18-13-11-17(12-14-18)15-28-23(26)20-8-4-6-10-22(20)29-24(27)19-7-3-5-9-21(19)25/h3-14,16,25H,15H2,1-2H3. The molecule has 0 radical (unpaired) electrons. The minimum atomic E-state index is -0.757. The first-order chi connectivity index (χ1) is 14.0. The van der Waals surface area contributed by atoms with Gasteiger partial charge in [-0.3, -0.25) is 0 Å². The van der Waals surface area contributed by atoms with Gasteiger partial charge in [0.15, 0.2) is 0 Å². The summed E-state index contributed by atoms with van der Waals surface area (Å²) in [5.41, 5.74) is 2.23. The van der Waals surface area contributed by atoms with E-state index in [1.807, 2.05) is 24.3 Å². The predicted molar refractivity (Wildman–Crippen MR) is 109 cm³/mol. The number of carbonyl (C=O) groups excluding carboxylic acids is 2. The molecule has 0 aromatic heterocycles. The molecule has 0 aliphatic rings. The van der Waals surface area contributed by atoms with Crippen LogP contribution in [0.15, 0.2) is 72.8 Å². The molecule has 0 heterocycles. The van der Waals surface area contributed by atoms with Crippen LogP contribution in [0.5, 0.6) is 11.5 Å². The summed E-state index contributed by atoms with van der Waals surface area (Å²) in [6.45, 7) is 4.34. The molecule has 29 heavy (non-hydrogen) atoms. The first-order valence-corrected chi connectivity index (χ1v) is 9.31. The van der Waals surface area contributed by atoms with E-state index in [-0.39, 0.29) is 29.2 Å². The summed E-state index contributed by atoms with van der Waals surface area (Å²) in [5.74, 6) is -1.05. The Kier molecular flexibility index (Phi) is 6.29. The maximum atomic E-state index is 12.5. The van der Waals surface area contributed by atoms with Crippen LogP contribution in [0.2, 0.25) is 0 Å². The van der Waals surface area contributed by atoms with Gasteiger partial charge >= 0.3 is 11.9 Å². The van der Waals surface area contributed by atoms with Crippen molar-refractivity contribution in [1.82, 2.24) is 0 Å². The van der Waals surface area contributed by atoms with E-state index in [1.165, 1.54) is 29.8 Å². The van der Waals surface area contributed by atoms with E-state index < -0.39 is 11.9 Å². The smallest absolute Gasteiger partial charge is 0.347 e. The van der Waals surface area contributed by atoms with Crippen molar-refractivity contribution in [3.8, 4) is 11.5 Å². The third-order valence-electron chi connectivity index (χ3n) is 4.45. The van der Waals surface area contributed by atoms with Gasteiger partial charge in [-0.2, -0.15) is 0 Å². The molecular weight excluding hydrogens is 368 g/mol. The molecule has 0 bridgehead atoms. The lowest BCUT2D eigenvalue weighted by Crippen LogP contribution is -2.13. The van der Waals surface area contributed by atoms with Crippen LogP contribution in [0.25, 0.3) is 0 Å². The van der Waals surface area contributed by atoms with E-state index in [2.05, 4.69) is 13.8 Å². The fourth-order valence-corrected chi connectivity index (χ4v) is 2.75. The Morgan fingerprint density at radius 1 is 0.828 bits per heavy atom. The van der Waals surface area contributed by atoms with Crippen LogP contribution in [-0.4, -0.2) is 17.0 Å². The number of ether oxygens (including phenoxy) is 2. The molecule has 5 nitrogen and oxygen atoms in total. The number of aromatic hydroxyl groups is 1. The van der Waals surface area contributed by atoms with Crippen LogP contribution in [0.4, 0.5) is 0 Å². The van der Waals surface area contributed by atoms with Gasteiger partial charge < -0.3 is 14.6 Å². The summed E-state index contributed by atoms with van der Waals surface area (Å²) in [7, 11) is 0. The lowest BCUT2D eigenvalue weighted by atomic mass is 10.0. The maximum absolute atomic E-state index is 12.5. The Morgan fingerprint density at radius 3 is 2.10 bits per heavy atom. The molecule has 0 spiro atoms. The average Bonchev–Trinajstić information content (AvgIpc) is 2.73. The van der Waals surface area contributed by atoms with Gasteiger partial charge in [0.1, 0.15) is 29.2 Å². The van der Waals surface area contributed by atoms with E-state index in [1.54, 1.807) is 24.3 Å². The number of phenolic OH excluding ortho intramolecular Hbond substituents is 1. The zero-order valence-electron chi connectivity index (χ0n) is 16.3. The summed E-state index contributed by atoms with van der Waals surface area (Å²) in [5, 5.41) is 9.81. The summed E-state index contributed by atoms with van der Waals surface area (Å²) in [4.78, 5) is 24.9. The second-order valence-corrected chi connectivity index (χ2v) is 6.88. The quantitative estimate of drug-likeness (QED) is 0.469. The normalized spacial score (nSPS) is 10.6. The van der Waals surface area contributed by atoms with Gasteiger partial charge in [0.25, 0.3) is 0 Å². The first kappa shape index (κ1) is 20.1. The highest BCUT2D eigenvalue weighted by molar-refractivity contribution is 5.97. The third kappa shape index (κ3) is 5.02. The van der Waals surface area contributed by atoms with Crippen molar-refractivity contribution < 1.29 is 24.2 Å². The Morgan fingerprint density at radius 2 is 1.45 bits per heavy atom. The molecule has 0 saturated carbocycles. The van der Waals surface area contributed by atoms with Crippen LogP contribution in [0, 0.1) is 0 Å². The van der Waals surface area contributed by atoms with Crippen LogP contribution < -0.4 is 4.74 Å². The summed E-state index contributed by atoms with van der Waals surface area (Å²) < 4.78 is 10.7. The SMILES string of the molecule is CC(C)c1ccc(COC(=O)c2ccccc2OC(=O)c2ccccc2O)cc1. The Labute approximate surface area is 169 Å². The molecule has 0 aliphatic heterocycles. The van der Waals surface area contributed by atoms with Crippen molar-refractivity contribution in [3.05, 3.63) is 95.1 Å². The number of benzene rings is 3. The van der Waals surface area contributed by atoms with Crippen molar-refractivity contribution in [2.75, 3.05) is 0 Å². The van der Waals surface area contributed by atoms with Gasteiger partial charge in [0, 0.05) is 0 Å². The van der Waals surface area contributed by atoms with Crippen LogP contribution in [0.1, 0.15) is 51.6 Å². The topological polar surface area (TPSA) is 72.8 Å². The maximum Gasteiger partial charge on any atom is 0.347 e. The molecule has 0 saturated heterocycles. The molecule has 1 N–H and O–H groups in total. The Hall–Kier alpha value is -3.60. The van der Waals surface area contributed by atoms with Gasteiger partial charge in [-0.25, -0.2) is 9.59 Å². The number of para-hydroxylation sites is 2. The molecular formula is C24H22O5. The minimum Gasteiger partial charge on any atom is -0.507 e. The third-order valence-corrected chi connectivity index (χ3v) is 4.45. The highest BCUT2D eigenvalue weighted by Crippen LogP contribution is 2.23. The van der Waals surface area contributed by atoms with Crippen molar-refractivity contribution in [2.45, 2.75) is 26.4 Å². The van der Waals surface area contributed by atoms with Crippen LogP contribution in [0.3, 0.4) is 0 Å². The largest absolute Gasteiger partial charge is 0.507 e. The zero-order valence-corrected chi connectivity index (χ0v) is 16.3. The molecule has 0 amide bonds. The summed E-state index contributed by atoms with van der Waals surface area (Å²) in [6, 6.07) is 20.3. The molecule has 148 valence electrons. The Balaban J connectivity index is 1.70. The molecule has 0 aliphatic carbocycles. The molecule has 0 fully saturated rings. The number of carbonyl (C=O) groups is 2. The summed E-state index contributed by atoms with van der Waals surface area (Å²) >= 11 is 0. The van der Waals surface area contributed by atoms with E-state index in [0.29, 0.717) is 5.92 Å². The second-order valence-electron chi connectivity index (χ2n) is 6.88. The highest BCUT2D eigenvalue weighted by Gasteiger charge is 2.19. The predicted octanol–water partition coefficient (Wildman–Crippen LogP) is 5.09. The number of hydrogen-bond donors (Lipinski definition) is 1. The highest BCUT2D eigenvalue weighted by atomic mass is 16.5. The van der Waals surface area contributed by atoms with Crippen LogP contribution >= 0.6 is 0 Å². The lowest BCUT2D eigenvalue weighted by molar-refractivity contribution is 0.0467. The lowest BCUT2D eigenvalue weighted by Gasteiger charge is -2.11. The van der Waals surface area contributed by atoms with Crippen molar-refractivity contribution >= 4 is 11.9 Å². The van der Waals surface area contributed by atoms with Crippen LogP contribution in [-0.2, 0) is 11.3 Å².